The van der Waals surface area contributed by atoms with Gasteiger partial charge in [-0.15, -0.1) is 0 Å². The Hall–Kier alpha value is -3.25. The molecule has 3 N–H and O–H groups in total. The number of halogens is 3. The molecule has 0 radical (unpaired) electrons. The molecular formula is C19H17F3N4O4S. The third kappa shape index (κ3) is 4.30. The molecule has 0 saturated carbocycles. The van der Waals surface area contributed by atoms with Gasteiger partial charge in [0.25, 0.3) is 5.91 Å². The number of hydrogen-bond acceptors (Lipinski definition) is 5. The van der Waals surface area contributed by atoms with E-state index in [0.717, 1.165) is 11.8 Å². The van der Waals surface area contributed by atoms with Crippen LogP contribution in [0.1, 0.15) is 18.1 Å². The molecule has 1 aliphatic rings. The van der Waals surface area contributed by atoms with Gasteiger partial charge < -0.3 is 5.32 Å². The number of aliphatic imine (C=N–C) groups is 1. The number of carbonyl (C=O) groups excluding carboxylic acids is 2. The molecule has 2 aromatic rings. The maximum Gasteiger partial charge on any atom is 0.442 e. The summed E-state index contributed by atoms with van der Waals surface area (Å²) in [5, 5.41) is 6.69. The Morgan fingerprint density at radius 2 is 1.71 bits per heavy atom. The van der Waals surface area contributed by atoms with Crippen molar-refractivity contribution in [2.24, 2.45) is 10.1 Å². The molecule has 12 heteroatoms. The van der Waals surface area contributed by atoms with Crippen LogP contribution < -0.4 is 10.5 Å². The van der Waals surface area contributed by atoms with Crippen LogP contribution in [0.4, 0.5) is 13.2 Å². The number of sulfonamides is 1. The minimum Gasteiger partial charge on any atom is -0.317 e. The fraction of sp³-hybridized carbons (Fsp3) is 0.211. The fourth-order valence-corrected chi connectivity index (χ4v) is 3.59. The van der Waals surface area contributed by atoms with Crippen LogP contribution in [0.3, 0.4) is 0 Å². The van der Waals surface area contributed by atoms with Crippen molar-refractivity contribution in [3.63, 3.8) is 0 Å². The largest absolute Gasteiger partial charge is 0.442 e. The first-order valence-corrected chi connectivity index (χ1v) is 10.3. The number of nitrogens with zero attached hydrogens (tertiary/aromatic N) is 2. The average Bonchev–Trinajstić information content (AvgIpc) is 2.95. The van der Waals surface area contributed by atoms with E-state index >= 15 is 0 Å². The molecule has 3 rings (SSSR count). The average molecular weight is 454 g/mol. The van der Waals surface area contributed by atoms with Crippen molar-refractivity contribution in [3.05, 3.63) is 65.7 Å². The lowest BCUT2D eigenvalue weighted by Gasteiger charge is -2.28. The predicted octanol–water partition coefficient (Wildman–Crippen LogP) is 1.52. The molecule has 8 nitrogen and oxygen atoms in total. The van der Waals surface area contributed by atoms with Crippen LogP contribution in [0, 0.1) is 0 Å². The molecule has 31 heavy (non-hydrogen) atoms. The van der Waals surface area contributed by atoms with E-state index in [1.54, 1.807) is 23.5 Å². The summed E-state index contributed by atoms with van der Waals surface area (Å²) in [5.74, 6) is -2.85. The van der Waals surface area contributed by atoms with Gasteiger partial charge in [-0.2, -0.15) is 13.2 Å². The summed E-state index contributed by atoms with van der Waals surface area (Å²) >= 11 is 0. The molecule has 164 valence electrons. The van der Waals surface area contributed by atoms with Crippen molar-refractivity contribution in [3.8, 4) is 0 Å². The number of alkyl halides is 3. The number of carbonyl (C=O) groups is 2. The van der Waals surface area contributed by atoms with E-state index in [1.165, 1.54) is 36.4 Å². The second-order valence-corrected chi connectivity index (χ2v) is 8.33. The SMILES string of the molecule is CC(=O)NC1(C(F)(F)F)N=C(c2ccccc2)N(Cc2ccc(S(N)(=O)=O)cc2)C1=O. The first kappa shape index (κ1) is 22.4. The topological polar surface area (TPSA) is 122 Å². The molecule has 1 heterocycles. The highest BCUT2D eigenvalue weighted by molar-refractivity contribution is 7.89. The summed E-state index contributed by atoms with van der Waals surface area (Å²) in [6, 6.07) is 12.7. The maximum absolute atomic E-state index is 14.0. The summed E-state index contributed by atoms with van der Waals surface area (Å²) in [6.45, 7) is 0.502. The van der Waals surface area contributed by atoms with Crippen molar-refractivity contribution in [2.75, 3.05) is 0 Å². The second kappa shape index (κ2) is 7.78. The molecule has 0 fully saturated rings. The van der Waals surface area contributed by atoms with Crippen molar-refractivity contribution < 1.29 is 31.2 Å². The molecule has 0 spiro atoms. The molecular weight excluding hydrogens is 437 g/mol. The number of primary sulfonamides is 1. The number of amidine groups is 1. The third-order valence-corrected chi connectivity index (χ3v) is 5.40. The predicted molar refractivity (Wildman–Crippen MR) is 104 cm³/mol. The van der Waals surface area contributed by atoms with Gasteiger partial charge in [0.05, 0.1) is 11.4 Å². The Balaban J connectivity index is 2.08. The van der Waals surface area contributed by atoms with Gasteiger partial charge in [-0.1, -0.05) is 42.5 Å². The van der Waals surface area contributed by atoms with Crippen LogP contribution in [0.25, 0.3) is 0 Å². The lowest BCUT2D eigenvalue weighted by atomic mass is 10.1. The highest BCUT2D eigenvalue weighted by Gasteiger charge is 2.66. The van der Waals surface area contributed by atoms with E-state index in [9.17, 15) is 31.2 Å². The first-order chi connectivity index (χ1) is 14.3. The summed E-state index contributed by atoms with van der Waals surface area (Å²) in [4.78, 5) is 28.7. The molecule has 0 aromatic heterocycles. The summed E-state index contributed by atoms with van der Waals surface area (Å²) in [6.07, 6.45) is -5.21. The first-order valence-electron chi connectivity index (χ1n) is 8.79. The van der Waals surface area contributed by atoms with E-state index in [4.69, 9.17) is 5.14 Å². The Morgan fingerprint density at radius 1 is 1.13 bits per heavy atom. The van der Waals surface area contributed by atoms with Gasteiger partial charge in [-0.05, 0) is 17.7 Å². The monoisotopic (exact) mass is 454 g/mol. The number of amides is 2. The van der Waals surface area contributed by atoms with Crippen molar-refractivity contribution >= 4 is 27.7 Å². The number of hydrogen-bond donors (Lipinski definition) is 2. The van der Waals surface area contributed by atoms with E-state index in [1.807, 2.05) is 0 Å². The minimum atomic E-state index is -5.21. The lowest BCUT2D eigenvalue weighted by molar-refractivity contribution is -0.200. The highest BCUT2D eigenvalue weighted by Crippen LogP contribution is 2.39. The Bertz CT molecular complexity index is 1150. The normalized spacial score (nSPS) is 19.3. The van der Waals surface area contributed by atoms with Crippen molar-refractivity contribution in [1.82, 2.24) is 10.2 Å². The van der Waals surface area contributed by atoms with Gasteiger partial charge in [-0.3, -0.25) is 14.5 Å². The van der Waals surface area contributed by atoms with Crippen LogP contribution in [0.5, 0.6) is 0 Å². The second-order valence-electron chi connectivity index (χ2n) is 6.77. The summed E-state index contributed by atoms with van der Waals surface area (Å²) in [7, 11) is -3.96. The smallest absolute Gasteiger partial charge is 0.317 e. The van der Waals surface area contributed by atoms with Crippen LogP contribution >= 0.6 is 0 Å². The van der Waals surface area contributed by atoms with Crippen molar-refractivity contribution in [1.29, 1.82) is 0 Å². The van der Waals surface area contributed by atoms with E-state index in [-0.39, 0.29) is 22.8 Å². The fourth-order valence-electron chi connectivity index (χ4n) is 3.07. The van der Waals surface area contributed by atoms with Gasteiger partial charge in [0.1, 0.15) is 5.84 Å². The standard InChI is InChI=1S/C19H17F3N4O4S/c1-12(27)24-18(19(20,21)22)17(28)26(16(25-18)14-5-3-2-4-6-14)11-13-7-9-15(10-8-13)31(23,29)30/h2-10H,11H2,1H3,(H,24,27)(H2,23,29,30). The van der Waals surface area contributed by atoms with Crippen LogP contribution in [-0.2, 0) is 26.2 Å². The summed E-state index contributed by atoms with van der Waals surface area (Å²) < 4.78 is 64.7. The van der Waals surface area contributed by atoms with Gasteiger partial charge >= 0.3 is 11.8 Å². The van der Waals surface area contributed by atoms with Crippen molar-refractivity contribution in [2.45, 2.75) is 30.2 Å². The van der Waals surface area contributed by atoms with Gasteiger partial charge in [0, 0.05) is 12.5 Å². The molecule has 1 aliphatic heterocycles. The quantitative estimate of drug-likeness (QED) is 0.711. The molecule has 0 aliphatic carbocycles. The number of benzene rings is 2. The van der Waals surface area contributed by atoms with Gasteiger partial charge in [-0.25, -0.2) is 18.5 Å². The minimum absolute atomic E-state index is 0.191. The van der Waals surface area contributed by atoms with Gasteiger partial charge in [0.15, 0.2) is 0 Å². The molecule has 0 bridgehead atoms. The molecule has 1 unspecified atom stereocenters. The number of nitrogens with one attached hydrogen (secondary N) is 1. The van der Waals surface area contributed by atoms with Crippen LogP contribution in [0.15, 0.2) is 64.5 Å². The van der Waals surface area contributed by atoms with E-state index in [0.29, 0.717) is 5.56 Å². The van der Waals surface area contributed by atoms with E-state index in [2.05, 4.69) is 4.99 Å². The molecule has 2 aromatic carbocycles. The number of nitrogens with two attached hydrogens (primary N) is 1. The molecule has 2 amide bonds. The maximum atomic E-state index is 14.0. The lowest BCUT2D eigenvalue weighted by Crippen LogP contribution is -2.62. The van der Waals surface area contributed by atoms with Crippen LogP contribution in [-0.4, -0.2) is 42.8 Å². The zero-order valence-corrected chi connectivity index (χ0v) is 16.9. The zero-order valence-electron chi connectivity index (χ0n) is 16.1. The molecule has 0 saturated heterocycles. The van der Waals surface area contributed by atoms with Crippen LogP contribution in [0.2, 0.25) is 0 Å². The Kier molecular flexibility index (Phi) is 5.63. The molecule has 1 atom stereocenters. The number of rotatable bonds is 5. The van der Waals surface area contributed by atoms with Gasteiger partial charge in [0.2, 0.25) is 15.9 Å². The van der Waals surface area contributed by atoms with E-state index < -0.39 is 33.7 Å². The Labute approximate surface area is 175 Å². The summed E-state index contributed by atoms with van der Waals surface area (Å²) in [5.41, 5.74) is -2.91. The zero-order chi connectivity index (χ0) is 23.0. The third-order valence-electron chi connectivity index (χ3n) is 4.48. The Morgan fingerprint density at radius 3 is 2.19 bits per heavy atom. The highest BCUT2D eigenvalue weighted by atomic mass is 32.2.